The molecule has 18 heavy (non-hydrogen) atoms. The van der Waals surface area contributed by atoms with E-state index in [-0.39, 0.29) is 5.56 Å². The van der Waals surface area contributed by atoms with Crippen molar-refractivity contribution in [2.75, 3.05) is 6.26 Å². The van der Waals surface area contributed by atoms with Crippen molar-refractivity contribution in [2.24, 2.45) is 0 Å². The highest BCUT2D eigenvalue weighted by molar-refractivity contribution is 7.98. The summed E-state index contributed by atoms with van der Waals surface area (Å²) in [5.41, 5.74) is 1.26. The molecule has 0 heterocycles. The van der Waals surface area contributed by atoms with E-state index < -0.39 is 11.8 Å². The van der Waals surface area contributed by atoms with Crippen molar-refractivity contribution in [2.45, 2.75) is 4.90 Å². The zero-order chi connectivity index (χ0) is 13.1. The Labute approximate surface area is 108 Å². The summed E-state index contributed by atoms with van der Waals surface area (Å²) in [5.74, 6) is -1.97. The first-order chi connectivity index (χ1) is 8.61. The minimum atomic E-state index is -1.25. The maximum atomic E-state index is 13.3. The van der Waals surface area contributed by atoms with Crippen LogP contribution in [0.25, 0.3) is 11.1 Å². The van der Waals surface area contributed by atoms with Gasteiger partial charge in [-0.1, -0.05) is 18.2 Å². The highest BCUT2D eigenvalue weighted by atomic mass is 32.2. The lowest BCUT2D eigenvalue weighted by Crippen LogP contribution is -2.00. The van der Waals surface area contributed by atoms with Gasteiger partial charge < -0.3 is 5.11 Å². The average molecular weight is 262 g/mol. The van der Waals surface area contributed by atoms with E-state index in [0.29, 0.717) is 5.56 Å². The van der Waals surface area contributed by atoms with Crippen LogP contribution in [0.2, 0.25) is 0 Å². The van der Waals surface area contributed by atoms with E-state index in [9.17, 15) is 9.18 Å². The predicted molar refractivity (Wildman–Crippen MR) is 70.6 cm³/mol. The second kappa shape index (κ2) is 5.23. The van der Waals surface area contributed by atoms with Crippen LogP contribution in [0.4, 0.5) is 4.39 Å². The summed E-state index contributed by atoms with van der Waals surface area (Å²) >= 11 is 1.63. The molecule has 2 aromatic carbocycles. The van der Waals surface area contributed by atoms with E-state index in [1.54, 1.807) is 17.8 Å². The van der Waals surface area contributed by atoms with Crippen LogP contribution in [0.5, 0.6) is 0 Å². The number of hydrogen-bond acceptors (Lipinski definition) is 2. The van der Waals surface area contributed by atoms with Crippen molar-refractivity contribution in [3.05, 3.63) is 53.8 Å². The molecule has 0 saturated carbocycles. The smallest absolute Gasteiger partial charge is 0.338 e. The van der Waals surface area contributed by atoms with Gasteiger partial charge >= 0.3 is 5.97 Å². The lowest BCUT2D eigenvalue weighted by molar-refractivity contribution is 0.0692. The molecule has 0 aliphatic rings. The van der Waals surface area contributed by atoms with Gasteiger partial charge in [0.1, 0.15) is 5.82 Å². The number of benzene rings is 2. The molecule has 0 atom stereocenters. The van der Waals surface area contributed by atoms with Gasteiger partial charge in [-0.2, -0.15) is 0 Å². The van der Waals surface area contributed by atoms with Gasteiger partial charge in [0, 0.05) is 4.90 Å². The van der Waals surface area contributed by atoms with Crippen molar-refractivity contribution in [3.8, 4) is 11.1 Å². The molecule has 2 aromatic rings. The molecule has 0 spiro atoms. The van der Waals surface area contributed by atoms with Crippen molar-refractivity contribution in [1.29, 1.82) is 0 Å². The zero-order valence-corrected chi connectivity index (χ0v) is 10.5. The van der Waals surface area contributed by atoms with E-state index in [1.165, 1.54) is 12.1 Å². The largest absolute Gasteiger partial charge is 0.478 e. The molecule has 92 valence electrons. The fourth-order valence-electron chi connectivity index (χ4n) is 1.65. The number of rotatable bonds is 3. The molecule has 2 nitrogen and oxygen atoms in total. The Balaban J connectivity index is 2.44. The molecule has 0 aromatic heterocycles. The van der Waals surface area contributed by atoms with Crippen LogP contribution in [0.1, 0.15) is 10.4 Å². The van der Waals surface area contributed by atoms with Gasteiger partial charge in [-0.15, -0.1) is 11.8 Å². The van der Waals surface area contributed by atoms with Crippen LogP contribution in [-0.4, -0.2) is 17.3 Å². The first-order valence-corrected chi connectivity index (χ1v) is 6.51. The summed E-state index contributed by atoms with van der Waals surface area (Å²) < 4.78 is 13.3. The lowest BCUT2D eigenvalue weighted by Gasteiger charge is -2.05. The van der Waals surface area contributed by atoms with E-state index in [2.05, 4.69) is 0 Å². The predicted octanol–water partition coefficient (Wildman–Crippen LogP) is 3.91. The standard InChI is InChI=1S/C14H11FO2S/c1-18-11-5-2-9(3-6-11)10-4-7-13(15)12(8-10)14(16)17/h2-8H,1H3,(H,16,17). The molecule has 0 amide bonds. The van der Waals surface area contributed by atoms with Gasteiger partial charge in [-0.05, 0) is 41.6 Å². The van der Waals surface area contributed by atoms with Crippen molar-refractivity contribution in [3.63, 3.8) is 0 Å². The lowest BCUT2D eigenvalue weighted by atomic mass is 10.0. The monoisotopic (exact) mass is 262 g/mol. The third-order valence-electron chi connectivity index (χ3n) is 2.62. The van der Waals surface area contributed by atoms with E-state index in [1.807, 2.05) is 30.5 Å². The first-order valence-electron chi connectivity index (χ1n) is 5.29. The Morgan fingerprint density at radius 2 is 1.72 bits per heavy atom. The highest BCUT2D eigenvalue weighted by Gasteiger charge is 2.11. The number of aromatic carboxylic acids is 1. The second-order valence-electron chi connectivity index (χ2n) is 3.73. The Morgan fingerprint density at radius 3 is 2.28 bits per heavy atom. The van der Waals surface area contributed by atoms with Crippen molar-refractivity contribution >= 4 is 17.7 Å². The topological polar surface area (TPSA) is 37.3 Å². The van der Waals surface area contributed by atoms with Gasteiger partial charge in [-0.25, -0.2) is 9.18 Å². The molecule has 0 bridgehead atoms. The molecule has 0 saturated heterocycles. The van der Waals surface area contributed by atoms with Gasteiger partial charge in [0.2, 0.25) is 0 Å². The maximum absolute atomic E-state index is 13.3. The summed E-state index contributed by atoms with van der Waals surface area (Å²) in [4.78, 5) is 12.0. The van der Waals surface area contributed by atoms with E-state index in [0.717, 1.165) is 10.5 Å². The zero-order valence-electron chi connectivity index (χ0n) is 9.68. The number of carboxylic acid groups (broad SMARTS) is 1. The molecule has 0 radical (unpaired) electrons. The maximum Gasteiger partial charge on any atom is 0.338 e. The van der Waals surface area contributed by atoms with Crippen LogP contribution in [-0.2, 0) is 0 Å². The normalized spacial score (nSPS) is 10.3. The molecule has 0 unspecified atom stereocenters. The highest BCUT2D eigenvalue weighted by Crippen LogP contribution is 2.24. The fraction of sp³-hybridized carbons (Fsp3) is 0.0714. The van der Waals surface area contributed by atoms with Crippen molar-refractivity contribution in [1.82, 2.24) is 0 Å². The Hall–Kier alpha value is -1.81. The SMILES string of the molecule is CSc1ccc(-c2ccc(F)c(C(=O)O)c2)cc1. The van der Waals surface area contributed by atoms with Crippen LogP contribution < -0.4 is 0 Å². The minimum Gasteiger partial charge on any atom is -0.478 e. The fourth-order valence-corrected chi connectivity index (χ4v) is 2.06. The Kier molecular flexibility index (Phi) is 3.67. The van der Waals surface area contributed by atoms with Gasteiger partial charge in [0.15, 0.2) is 0 Å². The molecule has 0 aliphatic carbocycles. The average Bonchev–Trinajstić information content (AvgIpc) is 2.39. The van der Waals surface area contributed by atoms with E-state index in [4.69, 9.17) is 5.11 Å². The number of hydrogen-bond donors (Lipinski definition) is 1. The Morgan fingerprint density at radius 1 is 1.11 bits per heavy atom. The number of carboxylic acids is 1. The quantitative estimate of drug-likeness (QED) is 0.852. The number of halogens is 1. The van der Waals surface area contributed by atoms with Gasteiger partial charge in [0.25, 0.3) is 0 Å². The molecular formula is C14H11FO2S. The summed E-state index contributed by atoms with van der Waals surface area (Å²) in [6.45, 7) is 0. The molecule has 0 aliphatic heterocycles. The summed E-state index contributed by atoms with van der Waals surface area (Å²) in [5, 5.41) is 8.88. The first kappa shape index (κ1) is 12.6. The van der Waals surface area contributed by atoms with Gasteiger partial charge in [-0.3, -0.25) is 0 Å². The molecule has 2 rings (SSSR count). The van der Waals surface area contributed by atoms with Gasteiger partial charge in [0.05, 0.1) is 5.56 Å². The van der Waals surface area contributed by atoms with Crippen LogP contribution >= 0.6 is 11.8 Å². The molecular weight excluding hydrogens is 251 g/mol. The summed E-state index contributed by atoms with van der Waals surface area (Å²) in [6, 6.07) is 11.8. The molecule has 0 fully saturated rings. The third-order valence-corrected chi connectivity index (χ3v) is 3.36. The summed E-state index contributed by atoms with van der Waals surface area (Å²) in [7, 11) is 0. The van der Waals surface area contributed by atoms with Crippen LogP contribution in [0.15, 0.2) is 47.4 Å². The Bertz CT molecular complexity index is 579. The van der Waals surface area contributed by atoms with Crippen molar-refractivity contribution < 1.29 is 14.3 Å². The molecule has 4 heteroatoms. The number of carbonyl (C=O) groups is 1. The van der Waals surface area contributed by atoms with Crippen LogP contribution in [0, 0.1) is 5.82 Å². The molecule has 1 N–H and O–H groups in total. The summed E-state index contributed by atoms with van der Waals surface area (Å²) in [6.07, 6.45) is 1.98. The number of thioether (sulfide) groups is 1. The van der Waals surface area contributed by atoms with Crippen LogP contribution in [0.3, 0.4) is 0 Å². The second-order valence-corrected chi connectivity index (χ2v) is 4.61. The minimum absolute atomic E-state index is 0.304. The van der Waals surface area contributed by atoms with E-state index >= 15 is 0 Å². The third kappa shape index (κ3) is 2.54.